The van der Waals surface area contributed by atoms with E-state index >= 15 is 0 Å². The molecule has 19 heavy (non-hydrogen) atoms. The van der Waals surface area contributed by atoms with Crippen molar-refractivity contribution >= 4 is 5.91 Å². The lowest BCUT2D eigenvalue weighted by Gasteiger charge is -2.17. The third-order valence-electron chi connectivity index (χ3n) is 3.50. The molecule has 0 radical (unpaired) electrons. The van der Waals surface area contributed by atoms with Gasteiger partial charge in [-0.15, -0.1) is 0 Å². The Hall–Kier alpha value is -1.36. The van der Waals surface area contributed by atoms with E-state index in [1.165, 1.54) is 0 Å². The lowest BCUT2D eigenvalue weighted by atomic mass is 10.0. The second-order valence-electron chi connectivity index (χ2n) is 5.40. The Kier molecular flexibility index (Phi) is 5.54. The lowest BCUT2D eigenvalue weighted by molar-refractivity contribution is 0.0842. The molecule has 0 saturated carbocycles. The topological polar surface area (TPSA) is 67.2 Å². The Balaban J connectivity index is 2.63. The highest BCUT2D eigenvalue weighted by Crippen LogP contribution is 2.13. The molecule has 2 atom stereocenters. The molecule has 1 aromatic rings. The first-order valence-electron chi connectivity index (χ1n) is 6.87. The zero-order valence-corrected chi connectivity index (χ0v) is 12.5. The second-order valence-corrected chi connectivity index (χ2v) is 5.40. The summed E-state index contributed by atoms with van der Waals surface area (Å²) in [7, 11) is 1.76. The van der Waals surface area contributed by atoms with Crippen LogP contribution < -0.4 is 5.32 Å². The Morgan fingerprint density at radius 3 is 2.58 bits per heavy atom. The molecule has 2 N–H and O–H groups in total. The van der Waals surface area contributed by atoms with Gasteiger partial charge in [-0.25, -0.2) is 0 Å². The summed E-state index contributed by atoms with van der Waals surface area (Å²) in [6, 6.07) is 1.80. The smallest absolute Gasteiger partial charge is 0.269 e. The van der Waals surface area contributed by atoms with Gasteiger partial charge in [-0.2, -0.15) is 5.10 Å². The van der Waals surface area contributed by atoms with Crippen molar-refractivity contribution in [1.82, 2.24) is 15.1 Å². The normalized spacial score (nSPS) is 14.5. The molecule has 0 aliphatic carbocycles. The monoisotopic (exact) mass is 267 g/mol. The highest BCUT2D eigenvalue weighted by molar-refractivity contribution is 5.92. The van der Waals surface area contributed by atoms with Crippen LogP contribution in [-0.4, -0.2) is 33.4 Å². The molecular formula is C14H25N3O2. The summed E-state index contributed by atoms with van der Waals surface area (Å²) in [5.41, 5.74) is 1.43. The fourth-order valence-corrected chi connectivity index (χ4v) is 1.75. The first-order valence-corrected chi connectivity index (χ1v) is 6.87. The van der Waals surface area contributed by atoms with Crippen LogP contribution in [0.1, 0.15) is 56.2 Å². The number of amides is 1. The van der Waals surface area contributed by atoms with Gasteiger partial charge in [0.15, 0.2) is 0 Å². The first kappa shape index (κ1) is 15.7. The number of rotatable bonds is 6. The number of nitrogens with one attached hydrogen (secondary N) is 1. The van der Waals surface area contributed by atoms with E-state index in [1.54, 1.807) is 17.8 Å². The average Bonchev–Trinajstić information content (AvgIpc) is 2.76. The SMILES string of the molecule is CC[C@@H](C)[C@H](O)CNC(=O)c1cc(C(C)C)nn1C. The predicted molar refractivity (Wildman–Crippen MR) is 75.1 cm³/mol. The molecule has 0 unspecified atom stereocenters. The largest absolute Gasteiger partial charge is 0.391 e. The number of carbonyl (C=O) groups is 1. The number of nitrogens with zero attached hydrogens (tertiary/aromatic N) is 2. The predicted octanol–water partition coefficient (Wildman–Crippen LogP) is 1.68. The van der Waals surface area contributed by atoms with Crippen molar-refractivity contribution in [3.8, 4) is 0 Å². The maximum atomic E-state index is 12.0. The highest BCUT2D eigenvalue weighted by atomic mass is 16.3. The molecule has 1 amide bonds. The average molecular weight is 267 g/mol. The van der Waals surface area contributed by atoms with Gasteiger partial charge in [0.2, 0.25) is 0 Å². The van der Waals surface area contributed by atoms with E-state index in [4.69, 9.17) is 0 Å². The van der Waals surface area contributed by atoms with Crippen LogP contribution in [0.15, 0.2) is 6.07 Å². The molecule has 1 heterocycles. The van der Waals surface area contributed by atoms with Crippen LogP contribution in [0.3, 0.4) is 0 Å². The number of carbonyl (C=O) groups excluding carboxylic acids is 1. The van der Waals surface area contributed by atoms with Crippen molar-refractivity contribution in [2.45, 2.75) is 46.1 Å². The lowest BCUT2D eigenvalue weighted by Crippen LogP contribution is -2.36. The molecule has 108 valence electrons. The summed E-state index contributed by atoms with van der Waals surface area (Å²) >= 11 is 0. The van der Waals surface area contributed by atoms with Gasteiger partial charge in [-0.1, -0.05) is 34.1 Å². The molecular weight excluding hydrogens is 242 g/mol. The Labute approximate surface area is 115 Å². The van der Waals surface area contributed by atoms with Crippen molar-refractivity contribution in [1.29, 1.82) is 0 Å². The maximum Gasteiger partial charge on any atom is 0.269 e. The van der Waals surface area contributed by atoms with Gasteiger partial charge in [-0.3, -0.25) is 9.48 Å². The van der Waals surface area contributed by atoms with Gasteiger partial charge in [0.05, 0.1) is 11.8 Å². The second kappa shape index (κ2) is 6.70. The zero-order chi connectivity index (χ0) is 14.6. The molecule has 0 aliphatic heterocycles. The van der Waals surface area contributed by atoms with Gasteiger partial charge in [0.25, 0.3) is 5.91 Å². The van der Waals surface area contributed by atoms with Crippen molar-refractivity contribution in [2.75, 3.05) is 6.54 Å². The van der Waals surface area contributed by atoms with Crippen molar-refractivity contribution < 1.29 is 9.90 Å². The number of aromatic nitrogens is 2. The van der Waals surface area contributed by atoms with Crippen LogP contribution >= 0.6 is 0 Å². The zero-order valence-electron chi connectivity index (χ0n) is 12.5. The van der Waals surface area contributed by atoms with Gasteiger partial charge >= 0.3 is 0 Å². The van der Waals surface area contributed by atoms with E-state index in [-0.39, 0.29) is 18.4 Å². The maximum absolute atomic E-state index is 12.0. The molecule has 0 saturated heterocycles. The molecule has 5 nitrogen and oxygen atoms in total. The summed E-state index contributed by atoms with van der Waals surface area (Å²) in [5, 5.41) is 16.9. The van der Waals surface area contributed by atoms with Crippen LogP contribution in [-0.2, 0) is 7.05 Å². The van der Waals surface area contributed by atoms with E-state index in [2.05, 4.69) is 10.4 Å². The van der Waals surface area contributed by atoms with Gasteiger partial charge in [0.1, 0.15) is 5.69 Å². The molecule has 1 aromatic heterocycles. The summed E-state index contributed by atoms with van der Waals surface area (Å²) in [5.74, 6) is 0.278. The number of aliphatic hydroxyl groups is 1. The van der Waals surface area contributed by atoms with Crippen LogP contribution in [0.5, 0.6) is 0 Å². The molecule has 1 rings (SSSR count). The van der Waals surface area contributed by atoms with Crippen molar-refractivity contribution in [3.63, 3.8) is 0 Å². The summed E-state index contributed by atoms with van der Waals surface area (Å²) in [6.07, 6.45) is 0.381. The van der Waals surface area contributed by atoms with Gasteiger partial charge in [-0.05, 0) is 17.9 Å². The standard InChI is InChI=1S/C14H25N3O2/c1-6-10(4)13(18)8-15-14(19)12-7-11(9(2)3)16-17(12)5/h7,9-10,13,18H,6,8H2,1-5H3,(H,15,19)/t10-,13-/m1/s1. The minimum Gasteiger partial charge on any atom is -0.391 e. The fourth-order valence-electron chi connectivity index (χ4n) is 1.75. The van der Waals surface area contributed by atoms with Crippen LogP contribution in [0, 0.1) is 5.92 Å². The minimum atomic E-state index is -0.508. The number of hydrogen-bond donors (Lipinski definition) is 2. The fraction of sp³-hybridized carbons (Fsp3) is 0.714. The molecule has 0 bridgehead atoms. The van der Waals surface area contributed by atoms with E-state index in [0.29, 0.717) is 11.6 Å². The summed E-state index contributed by atoms with van der Waals surface area (Å²) in [4.78, 5) is 12.0. The Morgan fingerprint density at radius 2 is 2.11 bits per heavy atom. The van der Waals surface area contributed by atoms with Crippen LogP contribution in [0.2, 0.25) is 0 Å². The number of hydrogen-bond acceptors (Lipinski definition) is 3. The molecule has 0 spiro atoms. The Bertz CT molecular complexity index is 426. The van der Waals surface area contributed by atoms with Crippen molar-refractivity contribution in [3.05, 3.63) is 17.5 Å². The quantitative estimate of drug-likeness (QED) is 0.824. The third kappa shape index (κ3) is 4.06. The molecule has 0 fully saturated rings. The Morgan fingerprint density at radius 1 is 1.47 bits per heavy atom. The molecule has 0 aromatic carbocycles. The van der Waals surface area contributed by atoms with E-state index < -0.39 is 6.10 Å². The molecule has 5 heteroatoms. The van der Waals surface area contributed by atoms with Crippen LogP contribution in [0.25, 0.3) is 0 Å². The summed E-state index contributed by atoms with van der Waals surface area (Å²) < 4.78 is 1.58. The third-order valence-corrected chi connectivity index (χ3v) is 3.50. The number of aryl methyl sites for hydroxylation is 1. The van der Waals surface area contributed by atoms with E-state index in [9.17, 15) is 9.90 Å². The van der Waals surface area contributed by atoms with E-state index in [0.717, 1.165) is 12.1 Å². The van der Waals surface area contributed by atoms with Crippen molar-refractivity contribution in [2.24, 2.45) is 13.0 Å². The van der Waals surface area contributed by atoms with E-state index in [1.807, 2.05) is 27.7 Å². The number of aliphatic hydroxyl groups excluding tert-OH is 1. The van der Waals surface area contributed by atoms with Gasteiger partial charge < -0.3 is 10.4 Å². The highest BCUT2D eigenvalue weighted by Gasteiger charge is 2.17. The molecule has 0 aliphatic rings. The minimum absolute atomic E-state index is 0.179. The van der Waals surface area contributed by atoms with Gasteiger partial charge in [0, 0.05) is 13.6 Å². The summed E-state index contributed by atoms with van der Waals surface area (Å²) in [6.45, 7) is 8.34. The first-order chi connectivity index (χ1) is 8.86. The van der Waals surface area contributed by atoms with Crippen LogP contribution in [0.4, 0.5) is 0 Å².